The van der Waals surface area contributed by atoms with Gasteiger partial charge in [0.2, 0.25) is 0 Å². The molecule has 0 bridgehead atoms. The SMILES string of the molecule is O=C(NCc1ccnc(-n2cccn2)c1)NCC(c1cccs1)N1CCCC1. The maximum Gasteiger partial charge on any atom is 0.315 e. The Hall–Kier alpha value is -2.71. The van der Waals surface area contributed by atoms with Gasteiger partial charge >= 0.3 is 6.03 Å². The zero-order valence-corrected chi connectivity index (χ0v) is 16.4. The number of nitrogens with one attached hydrogen (secondary N) is 2. The van der Waals surface area contributed by atoms with Gasteiger partial charge in [0, 0.05) is 36.6 Å². The topological polar surface area (TPSA) is 75.1 Å². The predicted octanol–water partition coefficient (Wildman–Crippen LogP) is 2.97. The Kier molecular flexibility index (Phi) is 5.98. The number of nitrogens with zero attached hydrogens (tertiary/aromatic N) is 4. The molecule has 2 amide bonds. The van der Waals surface area contributed by atoms with Crippen LogP contribution in [0.1, 0.15) is 29.3 Å². The number of hydrogen-bond donors (Lipinski definition) is 2. The second-order valence-electron chi connectivity index (χ2n) is 6.81. The molecule has 3 aromatic rings. The molecule has 4 rings (SSSR count). The van der Waals surface area contributed by atoms with Crippen LogP contribution in [0.2, 0.25) is 0 Å². The van der Waals surface area contributed by atoms with Crippen molar-refractivity contribution in [2.75, 3.05) is 19.6 Å². The Morgan fingerprint density at radius 2 is 2.07 bits per heavy atom. The van der Waals surface area contributed by atoms with Crippen molar-refractivity contribution in [3.05, 3.63) is 64.7 Å². The van der Waals surface area contributed by atoms with E-state index in [-0.39, 0.29) is 12.1 Å². The van der Waals surface area contributed by atoms with Gasteiger partial charge in [-0.15, -0.1) is 11.3 Å². The molecule has 7 nitrogen and oxygen atoms in total. The van der Waals surface area contributed by atoms with E-state index in [0.717, 1.165) is 24.5 Å². The van der Waals surface area contributed by atoms with Crippen LogP contribution in [0.4, 0.5) is 4.79 Å². The fraction of sp³-hybridized carbons (Fsp3) is 0.350. The van der Waals surface area contributed by atoms with Gasteiger partial charge in [0.05, 0.1) is 6.04 Å². The summed E-state index contributed by atoms with van der Waals surface area (Å²) in [6.45, 7) is 3.25. The maximum atomic E-state index is 12.3. The zero-order valence-electron chi connectivity index (χ0n) is 15.6. The Morgan fingerprint density at radius 3 is 2.82 bits per heavy atom. The van der Waals surface area contributed by atoms with E-state index in [9.17, 15) is 4.79 Å². The average Bonchev–Trinajstić information content (AvgIpc) is 3.50. The number of hydrogen-bond acceptors (Lipinski definition) is 5. The summed E-state index contributed by atoms with van der Waals surface area (Å²) in [6, 6.07) is 9.99. The smallest absolute Gasteiger partial charge is 0.315 e. The van der Waals surface area contributed by atoms with E-state index < -0.39 is 0 Å². The highest BCUT2D eigenvalue weighted by Crippen LogP contribution is 2.27. The van der Waals surface area contributed by atoms with Crippen LogP contribution in [0.5, 0.6) is 0 Å². The zero-order chi connectivity index (χ0) is 19.2. The number of carbonyl (C=O) groups is 1. The molecule has 3 aromatic heterocycles. The van der Waals surface area contributed by atoms with Crippen molar-refractivity contribution in [3.8, 4) is 5.82 Å². The number of amides is 2. The number of rotatable bonds is 7. The van der Waals surface area contributed by atoms with Crippen molar-refractivity contribution in [2.45, 2.75) is 25.4 Å². The first-order valence-corrected chi connectivity index (χ1v) is 10.4. The summed E-state index contributed by atoms with van der Waals surface area (Å²) in [4.78, 5) is 20.4. The molecule has 0 aromatic carbocycles. The lowest BCUT2D eigenvalue weighted by atomic mass is 10.2. The fourth-order valence-electron chi connectivity index (χ4n) is 3.48. The normalized spacial score (nSPS) is 15.4. The molecule has 0 spiro atoms. The molecule has 1 atom stereocenters. The van der Waals surface area contributed by atoms with Gasteiger partial charge in [-0.25, -0.2) is 14.5 Å². The van der Waals surface area contributed by atoms with Gasteiger partial charge in [-0.3, -0.25) is 4.90 Å². The maximum absolute atomic E-state index is 12.3. The lowest BCUT2D eigenvalue weighted by Crippen LogP contribution is -2.41. The molecule has 28 heavy (non-hydrogen) atoms. The Morgan fingerprint density at radius 1 is 1.18 bits per heavy atom. The van der Waals surface area contributed by atoms with E-state index >= 15 is 0 Å². The van der Waals surface area contributed by atoms with E-state index in [0.29, 0.717) is 13.1 Å². The Labute approximate surface area is 168 Å². The van der Waals surface area contributed by atoms with Gasteiger partial charge in [-0.05, 0) is 61.1 Å². The number of urea groups is 1. The van der Waals surface area contributed by atoms with Crippen LogP contribution in [0.15, 0.2) is 54.3 Å². The summed E-state index contributed by atoms with van der Waals surface area (Å²) in [7, 11) is 0. The van der Waals surface area contributed by atoms with Gasteiger partial charge in [-0.2, -0.15) is 5.10 Å². The van der Waals surface area contributed by atoms with Crippen molar-refractivity contribution in [1.29, 1.82) is 0 Å². The summed E-state index contributed by atoms with van der Waals surface area (Å²) < 4.78 is 1.70. The molecule has 2 N–H and O–H groups in total. The molecule has 0 saturated carbocycles. The molecule has 8 heteroatoms. The van der Waals surface area contributed by atoms with Crippen LogP contribution in [0.3, 0.4) is 0 Å². The first kappa shape index (κ1) is 18.6. The van der Waals surface area contributed by atoms with Crippen molar-refractivity contribution >= 4 is 17.4 Å². The highest BCUT2D eigenvalue weighted by molar-refractivity contribution is 7.10. The number of pyridine rings is 1. The van der Waals surface area contributed by atoms with Crippen LogP contribution in [0.25, 0.3) is 5.82 Å². The van der Waals surface area contributed by atoms with Crippen molar-refractivity contribution in [2.24, 2.45) is 0 Å². The number of likely N-dealkylation sites (tertiary alicyclic amines) is 1. The molecular weight excluding hydrogens is 372 g/mol. The second kappa shape index (κ2) is 8.99. The predicted molar refractivity (Wildman–Crippen MR) is 109 cm³/mol. The third kappa shape index (κ3) is 4.58. The molecular formula is C20H24N6OS. The van der Waals surface area contributed by atoms with Crippen LogP contribution in [0, 0.1) is 0 Å². The van der Waals surface area contributed by atoms with Crippen LogP contribution >= 0.6 is 11.3 Å². The minimum atomic E-state index is -0.154. The van der Waals surface area contributed by atoms with Crippen LogP contribution in [-0.4, -0.2) is 45.3 Å². The molecule has 1 fully saturated rings. The summed E-state index contributed by atoms with van der Waals surface area (Å²) in [5.41, 5.74) is 0.977. The highest BCUT2D eigenvalue weighted by atomic mass is 32.1. The lowest BCUT2D eigenvalue weighted by molar-refractivity contribution is 0.222. The Balaban J connectivity index is 1.31. The van der Waals surface area contributed by atoms with Gasteiger partial charge in [0.25, 0.3) is 0 Å². The monoisotopic (exact) mass is 396 g/mol. The van der Waals surface area contributed by atoms with Crippen LogP contribution < -0.4 is 10.6 Å². The van der Waals surface area contributed by atoms with Crippen molar-refractivity contribution < 1.29 is 4.79 Å². The summed E-state index contributed by atoms with van der Waals surface area (Å²) in [5.74, 6) is 0.733. The number of carbonyl (C=O) groups excluding carboxylic acids is 1. The molecule has 4 heterocycles. The van der Waals surface area contributed by atoms with Crippen molar-refractivity contribution in [3.63, 3.8) is 0 Å². The summed E-state index contributed by atoms with van der Waals surface area (Å²) in [6.07, 6.45) is 7.75. The second-order valence-corrected chi connectivity index (χ2v) is 7.79. The third-order valence-corrected chi connectivity index (χ3v) is 5.88. The van der Waals surface area contributed by atoms with E-state index in [1.165, 1.54) is 17.7 Å². The standard InChI is InChI=1S/C20H24N6OS/c27-20(22-14-16-6-8-21-19(13-16)26-11-4-7-24-26)23-15-17(18-5-3-12-28-18)25-9-1-2-10-25/h3-8,11-13,17H,1-2,9-10,14-15H2,(H2,22,23,27). The van der Waals surface area contributed by atoms with E-state index in [1.807, 2.05) is 24.4 Å². The van der Waals surface area contributed by atoms with E-state index in [2.05, 4.69) is 43.1 Å². The van der Waals surface area contributed by atoms with E-state index in [1.54, 1.807) is 28.4 Å². The molecule has 0 radical (unpaired) electrons. The highest BCUT2D eigenvalue weighted by Gasteiger charge is 2.24. The van der Waals surface area contributed by atoms with E-state index in [4.69, 9.17) is 0 Å². The minimum absolute atomic E-state index is 0.154. The largest absolute Gasteiger partial charge is 0.336 e. The molecule has 0 aliphatic carbocycles. The molecule has 146 valence electrons. The molecule has 1 saturated heterocycles. The molecule has 1 aliphatic heterocycles. The van der Waals surface area contributed by atoms with Crippen molar-refractivity contribution in [1.82, 2.24) is 30.3 Å². The fourth-order valence-corrected chi connectivity index (χ4v) is 4.34. The number of thiophene rings is 1. The lowest BCUT2D eigenvalue weighted by Gasteiger charge is -2.27. The quantitative estimate of drug-likeness (QED) is 0.644. The van der Waals surface area contributed by atoms with Gasteiger partial charge < -0.3 is 10.6 Å². The van der Waals surface area contributed by atoms with Crippen LogP contribution in [-0.2, 0) is 6.54 Å². The molecule has 1 aliphatic rings. The van der Waals surface area contributed by atoms with Gasteiger partial charge in [-0.1, -0.05) is 6.07 Å². The summed E-state index contributed by atoms with van der Waals surface area (Å²) in [5, 5.41) is 12.3. The number of aromatic nitrogens is 3. The Bertz CT molecular complexity index is 874. The van der Waals surface area contributed by atoms with Gasteiger partial charge in [0.15, 0.2) is 5.82 Å². The summed E-state index contributed by atoms with van der Waals surface area (Å²) >= 11 is 1.75. The van der Waals surface area contributed by atoms with Gasteiger partial charge in [0.1, 0.15) is 0 Å². The average molecular weight is 397 g/mol. The first-order valence-electron chi connectivity index (χ1n) is 9.54. The first-order chi connectivity index (χ1) is 13.8. The third-order valence-electron chi connectivity index (χ3n) is 4.91. The molecule has 1 unspecified atom stereocenters. The minimum Gasteiger partial charge on any atom is -0.336 e.